The number of carbonyl (C=O) groups excluding carboxylic acids is 1. The Morgan fingerprint density at radius 3 is 2.30 bits per heavy atom. The van der Waals surface area contributed by atoms with Crippen LogP contribution in [0.4, 0.5) is 10.1 Å². The summed E-state index contributed by atoms with van der Waals surface area (Å²) < 4.78 is 38.1. The second kappa shape index (κ2) is 10.0. The van der Waals surface area contributed by atoms with E-state index in [-0.39, 0.29) is 4.90 Å². The third kappa shape index (κ3) is 5.58. The number of amides is 1. The van der Waals surface area contributed by atoms with E-state index in [0.29, 0.717) is 6.54 Å². The van der Waals surface area contributed by atoms with Gasteiger partial charge in [0.15, 0.2) is 9.84 Å². The van der Waals surface area contributed by atoms with E-state index in [0.717, 1.165) is 51.3 Å². The summed E-state index contributed by atoms with van der Waals surface area (Å²) in [6.07, 6.45) is 0.750. The maximum Gasteiger partial charge on any atom is 0.238 e. The third-order valence-corrected chi connectivity index (χ3v) is 7.50. The van der Waals surface area contributed by atoms with Crippen LogP contribution in [0.3, 0.4) is 0 Å². The topological polar surface area (TPSA) is 69.7 Å². The van der Waals surface area contributed by atoms with Crippen LogP contribution < -0.4 is 10.2 Å². The summed E-state index contributed by atoms with van der Waals surface area (Å²) in [5.41, 5.74) is 1.24. The number of carbonyl (C=O) groups is 1. The molecule has 30 heavy (non-hydrogen) atoms. The number of piperazine rings is 1. The number of hydrogen-bond donors (Lipinski definition) is 1. The van der Waals surface area contributed by atoms with E-state index in [4.69, 9.17) is 0 Å². The molecule has 3 rings (SSSR count). The van der Waals surface area contributed by atoms with Crippen LogP contribution in [-0.2, 0) is 14.6 Å². The molecular formula is C22H28FN3O3S. The number of hydrogen-bond acceptors (Lipinski definition) is 5. The van der Waals surface area contributed by atoms with E-state index in [1.54, 1.807) is 0 Å². The van der Waals surface area contributed by atoms with Crippen molar-refractivity contribution in [2.24, 2.45) is 0 Å². The number of halogens is 1. The molecule has 0 saturated carbocycles. The lowest BCUT2D eigenvalue weighted by atomic mass is 10.2. The highest BCUT2D eigenvalue weighted by Gasteiger charge is 2.29. The second-order valence-electron chi connectivity index (χ2n) is 7.45. The molecule has 1 N–H and O–H groups in total. The van der Waals surface area contributed by atoms with Gasteiger partial charge >= 0.3 is 0 Å². The van der Waals surface area contributed by atoms with Gasteiger partial charge in [-0.15, -0.1) is 0 Å². The van der Waals surface area contributed by atoms with Crippen LogP contribution >= 0.6 is 0 Å². The molecule has 2 aromatic rings. The normalized spacial score (nSPS) is 16.3. The fraction of sp³-hybridized carbons (Fsp3) is 0.409. The monoisotopic (exact) mass is 433 g/mol. The Labute approximate surface area is 177 Å². The van der Waals surface area contributed by atoms with E-state index < -0.39 is 26.8 Å². The van der Waals surface area contributed by atoms with Crippen molar-refractivity contribution in [1.29, 1.82) is 0 Å². The molecule has 6 nitrogen and oxygen atoms in total. The van der Waals surface area contributed by atoms with Crippen molar-refractivity contribution in [3.63, 3.8) is 0 Å². The Kier molecular flexibility index (Phi) is 7.44. The van der Waals surface area contributed by atoms with Crippen molar-refractivity contribution in [2.75, 3.05) is 44.2 Å². The predicted molar refractivity (Wildman–Crippen MR) is 116 cm³/mol. The first-order valence-electron chi connectivity index (χ1n) is 10.2. The first kappa shape index (κ1) is 22.2. The molecule has 1 atom stereocenters. The van der Waals surface area contributed by atoms with E-state index >= 15 is 0 Å². The molecule has 0 aromatic heterocycles. The molecule has 0 spiro atoms. The molecule has 162 valence electrons. The van der Waals surface area contributed by atoms with Crippen LogP contribution in [-0.4, -0.2) is 63.7 Å². The van der Waals surface area contributed by atoms with E-state index in [9.17, 15) is 17.6 Å². The zero-order chi connectivity index (χ0) is 21.6. The standard InChI is InChI=1S/C22H28FN3O3S/c1-18(30(28,29)21-10-8-19(23)9-11-21)22(27)24-12-5-13-25-14-16-26(17-15-25)20-6-3-2-4-7-20/h2-4,6-11,18H,5,12-17H2,1H3,(H,24,27). The molecule has 2 aromatic carbocycles. The molecule has 0 radical (unpaired) electrons. The number of para-hydroxylation sites is 1. The van der Waals surface area contributed by atoms with E-state index in [1.807, 2.05) is 18.2 Å². The minimum Gasteiger partial charge on any atom is -0.369 e. The summed E-state index contributed by atoms with van der Waals surface area (Å²) in [7, 11) is -3.84. The van der Waals surface area contributed by atoms with Gasteiger partial charge in [-0.25, -0.2) is 12.8 Å². The minimum absolute atomic E-state index is 0.0529. The van der Waals surface area contributed by atoms with Crippen LogP contribution in [0.1, 0.15) is 13.3 Å². The fourth-order valence-corrected chi connectivity index (χ4v) is 4.78. The summed E-state index contributed by atoms with van der Waals surface area (Å²) in [6.45, 7) is 6.46. The van der Waals surface area contributed by atoms with Gasteiger partial charge < -0.3 is 10.2 Å². The van der Waals surface area contributed by atoms with Gasteiger partial charge in [0.05, 0.1) is 4.90 Å². The third-order valence-electron chi connectivity index (χ3n) is 5.42. The number of sulfone groups is 1. The molecule has 1 amide bonds. The summed E-state index contributed by atoms with van der Waals surface area (Å²) in [6, 6.07) is 14.9. The Bertz CT molecular complexity index is 928. The highest BCUT2D eigenvalue weighted by atomic mass is 32.2. The Morgan fingerprint density at radius 2 is 1.67 bits per heavy atom. The average Bonchev–Trinajstić information content (AvgIpc) is 2.77. The number of benzene rings is 2. The van der Waals surface area contributed by atoms with Crippen LogP contribution in [0.15, 0.2) is 59.5 Å². The molecule has 1 heterocycles. The molecule has 0 bridgehead atoms. The number of nitrogens with zero attached hydrogens (tertiary/aromatic N) is 2. The van der Waals surface area contributed by atoms with Crippen LogP contribution in [0.5, 0.6) is 0 Å². The lowest BCUT2D eigenvalue weighted by Crippen LogP contribution is -2.47. The smallest absolute Gasteiger partial charge is 0.238 e. The maximum atomic E-state index is 13.0. The van der Waals surface area contributed by atoms with Crippen LogP contribution in [0.25, 0.3) is 0 Å². The highest BCUT2D eigenvalue weighted by molar-refractivity contribution is 7.92. The number of anilines is 1. The average molecular weight is 434 g/mol. The first-order valence-corrected chi connectivity index (χ1v) is 11.7. The van der Waals surface area contributed by atoms with Crippen molar-refractivity contribution < 1.29 is 17.6 Å². The molecular weight excluding hydrogens is 405 g/mol. The molecule has 1 aliphatic heterocycles. The summed E-state index contributed by atoms with van der Waals surface area (Å²) >= 11 is 0. The van der Waals surface area contributed by atoms with Gasteiger partial charge in [-0.3, -0.25) is 9.69 Å². The van der Waals surface area contributed by atoms with E-state index in [2.05, 4.69) is 27.2 Å². The number of rotatable bonds is 8. The van der Waals surface area contributed by atoms with Crippen molar-refractivity contribution in [3.8, 4) is 0 Å². The lowest BCUT2D eigenvalue weighted by molar-refractivity contribution is -0.120. The lowest BCUT2D eigenvalue weighted by Gasteiger charge is -2.36. The first-order chi connectivity index (χ1) is 14.4. The summed E-state index contributed by atoms with van der Waals surface area (Å²) in [4.78, 5) is 17.0. The largest absolute Gasteiger partial charge is 0.369 e. The van der Waals surface area contributed by atoms with Crippen molar-refractivity contribution in [2.45, 2.75) is 23.5 Å². The molecule has 0 aliphatic carbocycles. The minimum atomic E-state index is -3.84. The Balaban J connectivity index is 1.39. The van der Waals surface area contributed by atoms with Crippen molar-refractivity contribution in [1.82, 2.24) is 10.2 Å². The van der Waals surface area contributed by atoms with Gasteiger partial charge in [-0.1, -0.05) is 18.2 Å². The van der Waals surface area contributed by atoms with Crippen LogP contribution in [0, 0.1) is 5.82 Å². The Hall–Kier alpha value is -2.45. The van der Waals surface area contributed by atoms with Crippen LogP contribution in [0.2, 0.25) is 0 Å². The van der Waals surface area contributed by atoms with Gasteiger partial charge in [-0.05, 0) is 56.3 Å². The zero-order valence-corrected chi connectivity index (χ0v) is 17.9. The van der Waals surface area contributed by atoms with Gasteiger partial charge in [0, 0.05) is 38.4 Å². The number of nitrogens with one attached hydrogen (secondary N) is 1. The molecule has 1 unspecified atom stereocenters. The van der Waals surface area contributed by atoms with Crippen molar-refractivity contribution in [3.05, 3.63) is 60.4 Å². The molecule has 1 saturated heterocycles. The summed E-state index contributed by atoms with van der Waals surface area (Å²) in [5, 5.41) is 1.49. The Morgan fingerprint density at radius 1 is 1.03 bits per heavy atom. The summed E-state index contributed by atoms with van der Waals surface area (Å²) in [5.74, 6) is -1.05. The quantitative estimate of drug-likeness (QED) is 0.511. The van der Waals surface area contributed by atoms with E-state index in [1.165, 1.54) is 24.7 Å². The van der Waals surface area contributed by atoms with Crippen molar-refractivity contribution >= 4 is 21.4 Å². The SMILES string of the molecule is CC(C(=O)NCCCN1CCN(c2ccccc2)CC1)S(=O)(=O)c1ccc(F)cc1. The highest BCUT2D eigenvalue weighted by Crippen LogP contribution is 2.17. The maximum absolute atomic E-state index is 13.0. The second-order valence-corrected chi connectivity index (χ2v) is 9.72. The van der Waals surface area contributed by atoms with Gasteiger partial charge in [0.2, 0.25) is 5.91 Å². The molecule has 8 heteroatoms. The molecule has 1 fully saturated rings. The zero-order valence-electron chi connectivity index (χ0n) is 17.1. The molecule has 1 aliphatic rings. The van der Waals surface area contributed by atoms with Gasteiger partial charge in [0.25, 0.3) is 0 Å². The van der Waals surface area contributed by atoms with Gasteiger partial charge in [-0.2, -0.15) is 0 Å². The fourth-order valence-electron chi connectivity index (χ4n) is 3.50. The van der Waals surface area contributed by atoms with Gasteiger partial charge in [0.1, 0.15) is 11.1 Å². The predicted octanol–water partition coefficient (Wildman–Crippen LogP) is 2.32.